The predicted molar refractivity (Wildman–Crippen MR) is 83.9 cm³/mol. The number of rotatable bonds is 7. The molecule has 0 bridgehead atoms. The lowest BCUT2D eigenvalue weighted by Gasteiger charge is -2.26. The predicted octanol–water partition coefficient (Wildman–Crippen LogP) is 2.63. The first kappa shape index (κ1) is 16.7. The molecule has 0 amide bonds. The van der Waals surface area contributed by atoms with E-state index >= 15 is 0 Å². The molecule has 1 saturated carbocycles. The molecular formula is C16H24N2O4. The van der Waals surface area contributed by atoms with Crippen LogP contribution in [-0.4, -0.2) is 29.3 Å². The van der Waals surface area contributed by atoms with Crippen LogP contribution in [0.1, 0.15) is 38.2 Å². The second-order valence-electron chi connectivity index (χ2n) is 5.80. The van der Waals surface area contributed by atoms with Gasteiger partial charge in [0.15, 0.2) is 0 Å². The van der Waals surface area contributed by atoms with Gasteiger partial charge in [-0.1, -0.05) is 6.42 Å². The van der Waals surface area contributed by atoms with E-state index in [1.54, 1.807) is 12.1 Å². The summed E-state index contributed by atoms with van der Waals surface area (Å²) in [5.74, 6) is 1.15. The Labute approximate surface area is 130 Å². The average molecular weight is 308 g/mol. The molecule has 0 spiro atoms. The zero-order valence-electron chi connectivity index (χ0n) is 13.0. The largest absolute Gasteiger partial charge is 0.494 e. The first-order valence-electron chi connectivity index (χ1n) is 7.89. The second kappa shape index (κ2) is 8.10. The molecule has 0 aliphatic heterocycles. The quantitative estimate of drug-likeness (QED) is 0.597. The van der Waals surface area contributed by atoms with Gasteiger partial charge in [-0.3, -0.25) is 10.1 Å². The van der Waals surface area contributed by atoms with E-state index in [0.29, 0.717) is 24.8 Å². The highest BCUT2D eigenvalue weighted by atomic mass is 16.6. The zero-order chi connectivity index (χ0) is 15.9. The van der Waals surface area contributed by atoms with Crippen LogP contribution < -0.4 is 10.1 Å². The lowest BCUT2D eigenvalue weighted by Crippen LogP contribution is -2.29. The molecule has 0 heterocycles. The van der Waals surface area contributed by atoms with Crippen LogP contribution in [0.3, 0.4) is 0 Å². The van der Waals surface area contributed by atoms with Crippen molar-refractivity contribution >= 4 is 5.69 Å². The summed E-state index contributed by atoms with van der Waals surface area (Å²) in [5.41, 5.74) is 0.876. The van der Waals surface area contributed by atoms with Crippen molar-refractivity contribution in [3.05, 3.63) is 33.9 Å². The van der Waals surface area contributed by atoms with Crippen molar-refractivity contribution in [2.45, 2.75) is 45.3 Å². The molecule has 6 heteroatoms. The maximum atomic E-state index is 10.9. The number of nitrogens with one attached hydrogen (secondary N) is 1. The SMILES string of the molecule is CCOc1ccc([N+](=O)[O-])cc1CNCC1CCCC(O)C1. The lowest BCUT2D eigenvalue weighted by atomic mass is 9.87. The first-order valence-corrected chi connectivity index (χ1v) is 7.89. The number of benzene rings is 1. The number of non-ortho nitro benzene ring substituents is 1. The molecule has 22 heavy (non-hydrogen) atoms. The third-order valence-corrected chi connectivity index (χ3v) is 4.06. The number of ether oxygens (including phenoxy) is 1. The number of hydrogen-bond donors (Lipinski definition) is 2. The smallest absolute Gasteiger partial charge is 0.270 e. The molecule has 2 N–H and O–H groups in total. The summed E-state index contributed by atoms with van der Waals surface area (Å²) >= 11 is 0. The van der Waals surface area contributed by atoms with Gasteiger partial charge in [0.2, 0.25) is 0 Å². The minimum atomic E-state index is -0.392. The number of aliphatic hydroxyl groups excluding tert-OH is 1. The summed E-state index contributed by atoms with van der Waals surface area (Å²) in [4.78, 5) is 10.5. The lowest BCUT2D eigenvalue weighted by molar-refractivity contribution is -0.384. The van der Waals surface area contributed by atoms with Crippen molar-refractivity contribution in [1.29, 1.82) is 0 Å². The third kappa shape index (κ3) is 4.68. The van der Waals surface area contributed by atoms with Crippen LogP contribution in [0, 0.1) is 16.0 Å². The summed E-state index contributed by atoms with van der Waals surface area (Å²) in [6, 6.07) is 4.68. The number of aliphatic hydroxyl groups is 1. The van der Waals surface area contributed by atoms with Crippen molar-refractivity contribution in [1.82, 2.24) is 5.32 Å². The van der Waals surface area contributed by atoms with Crippen LogP contribution in [0.25, 0.3) is 0 Å². The van der Waals surface area contributed by atoms with Gasteiger partial charge < -0.3 is 15.2 Å². The normalized spacial score (nSPS) is 21.5. The topological polar surface area (TPSA) is 84.6 Å². The Balaban J connectivity index is 1.94. The fourth-order valence-corrected chi connectivity index (χ4v) is 2.97. The van der Waals surface area contributed by atoms with Crippen LogP contribution >= 0.6 is 0 Å². The summed E-state index contributed by atoms with van der Waals surface area (Å²) in [6.07, 6.45) is 3.74. The summed E-state index contributed by atoms with van der Waals surface area (Å²) < 4.78 is 5.53. The Hall–Kier alpha value is -1.66. The van der Waals surface area contributed by atoms with E-state index in [4.69, 9.17) is 4.74 Å². The van der Waals surface area contributed by atoms with Gasteiger partial charge >= 0.3 is 0 Å². The Bertz CT molecular complexity index is 507. The summed E-state index contributed by atoms with van der Waals surface area (Å²) in [7, 11) is 0. The van der Waals surface area contributed by atoms with E-state index in [1.807, 2.05) is 6.92 Å². The van der Waals surface area contributed by atoms with Gasteiger partial charge in [0.1, 0.15) is 5.75 Å². The molecular weight excluding hydrogens is 284 g/mol. The number of nitrogens with zero attached hydrogens (tertiary/aromatic N) is 1. The molecule has 0 saturated heterocycles. The zero-order valence-corrected chi connectivity index (χ0v) is 13.0. The highest BCUT2D eigenvalue weighted by molar-refractivity contribution is 5.43. The van der Waals surface area contributed by atoms with E-state index in [-0.39, 0.29) is 11.8 Å². The second-order valence-corrected chi connectivity index (χ2v) is 5.80. The molecule has 1 aromatic rings. The van der Waals surface area contributed by atoms with Gasteiger partial charge in [-0.25, -0.2) is 0 Å². The third-order valence-electron chi connectivity index (χ3n) is 4.06. The number of nitro groups is 1. The number of hydrogen-bond acceptors (Lipinski definition) is 5. The molecule has 0 aromatic heterocycles. The Morgan fingerprint density at radius 3 is 2.95 bits per heavy atom. The maximum absolute atomic E-state index is 10.9. The highest BCUT2D eigenvalue weighted by Gasteiger charge is 2.20. The van der Waals surface area contributed by atoms with Crippen LogP contribution in [0.4, 0.5) is 5.69 Å². The van der Waals surface area contributed by atoms with Gasteiger partial charge in [0.25, 0.3) is 5.69 Å². The molecule has 1 aliphatic carbocycles. The van der Waals surface area contributed by atoms with Crippen LogP contribution in [0.5, 0.6) is 5.75 Å². The summed E-state index contributed by atoms with van der Waals surface area (Å²) in [5, 5.41) is 23.9. The fraction of sp³-hybridized carbons (Fsp3) is 0.625. The van der Waals surface area contributed by atoms with Crippen LogP contribution in [0.15, 0.2) is 18.2 Å². The van der Waals surface area contributed by atoms with Gasteiger partial charge in [-0.05, 0) is 44.7 Å². The molecule has 2 atom stereocenters. The van der Waals surface area contributed by atoms with Crippen molar-refractivity contribution in [3.8, 4) is 5.75 Å². The molecule has 0 radical (unpaired) electrons. The average Bonchev–Trinajstić information content (AvgIpc) is 2.49. The molecule has 1 fully saturated rings. The van der Waals surface area contributed by atoms with Crippen LogP contribution in [-0.2, 0) is 6.54 Å². The standard InChI is InChI=1S/C16H24N2O4/c1-2-22-16-7-6-14(18(20)21)9-13(16)11-17-10-12-4-3-5-15(19)8-12/h6-7,9,12,15,17,19H,2-5,8,10-11H2,1H3. The van der Waals surface area contributed by atoms with E-state index in [2.05, 4.69) is 5.32 Å². The van der Waals surface area contributed by atoms with Crippen molar-refractivity contribution < 1.29 is 14.8 Å². The Morgan fingerprint density at radius 2 is 2.27 bits per heavy atom. The minimum Gasteiger partial charge on any atom is -0.494 e. The number of nitro benzene ring substituents is 1. The monoisotopic (exact) mass is 308 g/mol. The fourth-order valence-electron chi connectivity index (χ4n) is 2.97. The van der Waals surface area contributed by atoms with E-state index in [9.17, 15) is 15.2 Å². The van der Waals surface area contributed by atoms with E-state index < -0.39 is 4.92 Å². The van der Waals surface area contributed by atoms with Crippen molar-refractivity contribution in [2.24, 2.45) is 5.92 Å². The molecule has 6 nitrogen and oxygen atoms in total. The van der Waals surface area contributed by atoms with Crippen molar-refractivity contribution in [3.63, 3.8) is 0 Å². The maximum Gasteiger partial charge on any atom is 0.270 e. The Kier molecular flexibility index (Phi) is 6.15. The van der Waals surface area contributed by atoms with Crippen LogP contribution in [0.2, 0.25) is 0 Å². The minimum absolute atomic E-state index is 0.0772. The molecule has 1 aromatic carbocycles. The molecule has 1 aliphatic rings. The van der Waals surface area contributed by atoms with Gasteiger partial charge in [-0.15, -0.1) is 0 Å². The molecule has 2 unspecified atom stereocenters. The highest BCUT2D eigenvalue weighted by Crippen LogP contribution is 2.26. The van der Waals surface area contributed by atoms with Gasteiger partial charge in [0, 0.05) is 24.2 Å². The summed E-state index contributed by atoms with van der Waals surface area (Å²) in [6.45, 7) is 3.76. The molecule has 2 rings (SSSR count). The van der Waals surface area contributed by atoms with E-state index in [0.717, 1.165) is 37.8 Å². The van der Waals surface area contributed by atoms with Gasteiger partial charge in [0.05, 0.1) is 17.6 Å². The molecule has 122 valence electrons. The Morgan fingerprint density at radius 1 is 1.45 bits per heavy atom. The van der Waals surface area contributed by atoms with Crippen molar-refractivity contribution in [2.75, 3.05) is 13.2 Å². The first-order chi connectivity index (χ1) is 10.6. The van der Waals surface area contributed by atoms with E-state index in [1.165, 1.54) is 6.07 Å². The van der Waals surface area contributed by atoms with Gasteiger partial charge in [-0.2, -0.15) is 0 Å².